The van der Waals surface area contributed by atoms with Crippen LogP contribution in [0, 0.1) is 0 Å². The lowest BCUT2D eigenvalue weighted by Gasteiger charge is -2.18. The van der Waals surface area contributed by atoms with Crippen LogP contribution in [-0.4, -0.2) is 15.2 Å². The molecule has 0 aliphatic carbocycles. The SMILES string of the molecule is NNC(c1ccnnc1)c1cccc2ccncc12. The van der Waals surface area contributed by atoms with Crippen LogP contribution in [0.3, 0.4) is 0 Å². The van der Waals surface area contributed by atoms with E-state index in [2.05, 4.69) is 26.7 Å². The van der Waals surface area contributed by atoms with Crippen LogP contribution in [0.2, 0.25) is 0 Å². The number of rotatable bonds is 3. The second-order valence-electron chi connectivity index (χ2n) is 4.22. The summed E-state index contributed by atoms with van der Waals surface area (Å²) in [5, 5.41) is 9.89. The summed E-state index contributed by atoms with van der Waals surface area (Å²) in [5.41, 5.74) is 4.87. The maximum absolute atomic E-state index is 5.71. The summed E-state index contributed by atoms with van der Waals surface area (Å²) >= 11 is 0. The van der Waals surface area contributed by atoms with Crippen molar-refractivity contribution in [1.82, 2.24) is 20.6 Å². The van der Waals surface area contributed by atoms with Crippen LogP contribution in [0.15, 0.2) is 55.1 Å². The van der Waals surface area contributed by atoms with Crippen molar-refractivity contribution in [3.8, 4) is 0 Å². The Kier molecular flexibility index (Phi) is 3.14. The first-order valence-corrected chi connectivity index (χ1v) is 5.95. The van der Waals surface area contributed by atoms with Gasteiger partial charge in [-0.15, -0.1) is 0 Å². The predicted octanol–water partition coefficient (Wildman–Crippen LogP) is 1.58. The maximum Gasteiger partial charge on any atom is 0.0732 e. The average molecular weight is 251 g/mol. The molecule has 5 heteroatoms. The number of nitrogens with zero attached hydrogens (tertiary/aromatic N) is 3. The zero-order valence-electron chi connectivity index (χ0n) is 10.2. The van der Waals surface area contributed by atoms with E-state index in [1.54, 1.807) is 18.6 Å². The summed E-state index contributed by atoms with van der Waals surface area (Å²) in [5.74, 6) is 5.71. The maximum atomic E-state index is 5.71. The van der Waals surface area contributed by atoms with Gasteiger partial charge in [-0.2, -0.15) is 10.2 Å². The molecule has 2 aromatic heterocycles. The summed E-state index contributed by atoms with van der Waals surface area (Å²) in [6, 6.07) is 9.84. The van der Waals surface area contributed by atoms with Crippen molar-refractivity contribution in [2.45, 2.75) is 6.04 Å². The topological polar surface area (TPSA) is 76.7 Å². The van der Waals surface area contributed by atoms with Crippen LogP contribution in [0.1, 0.15) is 17.2 Å². The molecule has 3 rings (SSSR count). The van der Waals surface area contributed by atoms with E-state index in [-0.39, 0.29) is 6.04 Å². The van der Waals surface area contributed by atoms with E-state index >= 15 is 0 Å². The van der Waals surface area contributed by atoms with E-state index < -0.39 is 0 Å². The van der Waals surface area contributed by atoms with Crippen molar-refractivity contribution in [3.05, 3.63) is 66.2 Å². The largest absolute Gasteiger partial charge is 0.271 e. The Hall–Kier alpha value is -2.37. The Morgan fingerprint density at radius 1 is 1.00 bits per heavy atom. The van der Waals surface area contributed by atoms with Gasteiger partial charge in [0.05, 0.1) is 12.2 Å². The minimum absolute atomic E-state index is 0.136. The number of hydrogen-bond donors (Lipinski definition) is 2. The molecule has 0 radical (unpaired) electrons. The lowest BCUT2D eigenvalue weighted by Crippen LogP contribution is -2.29. The molecular formula is C14H13N5. The van der Waals surface area contributed by atoms with Crippen molar-refractivity contribution in [2.75, 3.05) is 0 Å². The van der Waals surface area contributed by atoms with Crippen molar-refractivity contribution >= 4 is 10.8 Å². The van der Waals surface area contributed by atoms with E-state index in [0.29, 0.717) is 0 Å². The van der Waals surface area contributed by atoms with Gasteiger partial charge in [-0.05, 0) is 28.6 Å². The van der Waals surface area contributed by atoms with Gasteiger partial charge in [0, 0.05) is 24.0 Å². The zero-order chi connectivity index (χ0) is 13.1. The van der Waals surface area contributed by atoms with E-state index in [1.807, 2.05) is 30.5 Å². The number of nitrogens with two attached hydrogens (primary N) is 1. The number of benzene rings is 1. The Bertz CT molecular complexity index is 678. The van der Waals surface area contributed by atoms with Crippen LogP contribution < -0.4 is 11.3 Å². The second-order valence-corrected chi connectivity index (χ2v) is 4.22. The molecule has 2 heterocycles. The molecule has 1 aromatic carbocycles. The molecule has 0 saturated carbocycles. The highest BCUT2D eigenvalue weighted by molar-refractivity contribution is 5.85. The standard InChI is InChI=1S/C14H13N5/c15-19-14(11-5-7-17-18-8-11)12-3-1-2-10-4-6-16-9-13(10)12/h1-9,14,19H,15H2. The first-order chi connectivity index (χ1) is 9.40. The summed E-state index contributed by atoms with van der Waals surface area (Å²) in [6.07, 6.45) is 7.00. The predicted molar refractivity (Wildman–Crippen MR) is 72.9 cm³/mol. The van der Waals surface area contributed by atoms with Crippen LogP contribution in [-0.2, 0) is 0 Å². The number of pyridine rings is 1. The Labute approximate surface area is 110 Å². The average Bonchev–Trinajstić information content (AvgIpc) is 2.49. The summed E-state index contributed by atoms with van der Waals surface area (Å²) in [4.78, 5) is 4.19. The molecule has 3 aromatic rings. The fourth-order valence-corrected chi connectivity index (χ4v) is 2.23. The quantitative estimate of drug-likeness (QED) is 0.546. The van der Waals surface area contributed by atoms with Crippen molar-refractivity contribution in [2.24, 2.45) is 5.84 Å². The van der Waals surface area contributed by atoms with Gasteiger partial charge in [-0.1, -0.05) is 18.2 Å². The molecule has 1 unspecified atom stereocenters. The van der Waals surface area contributed by atoms with Crippen molar-refractivity contribution in [3.63, 3.8) is 0 Å². The fraction of sp³-hybridized carbons (Fsp3) is 0.0714. The summed E-state index contributed by atoms with van der Waals surface area (Å²) in [7, 11) is 0. The van der Waals surface area contributed by atoms with Crippen LogP contribution in [0.4, 0.5) is 0 Å². The molecule has 0 fully saturated rings. The third-order valence-corrected chi connectivity index (χ3v) is 3.14. The molecule has 0 saturated heterocycles. The van der Waals surface area contributed by atoms with Crippen LogP contribution in [0.25, 0.3) is 10.8 Å². The molecule has 94 valence electrons. The number of nitrogens with one attached hydrogen (secondary N) is 1. The number of aromatic nitrogens is 3. The van der Waals surface area contributed by atoms with Gasteiger partial charge >= 0.3 is 0 Å². The molecule has 0 amide bonds. The third kappa shape index (κ3) is 2.16. The normalized spacial score (nSPS) is 12.5. The molecule has 3 N–H and O–H groups in total. The minimum atomic E-state index is -0.136. The van der Waals surface area contributed by atoms with E-state index in [0.717, 1.165) is 21.9 Å². The fourth-order valence-electron chi connectivity index (χ4n) is 2.23. The third-order valence-electron chi connectivity index (χ3n) is 3.14. The first kappa shape index (κ1) is 11.7. The van der Waals surface area contributed by atoms with E-state index in [9.17, 15) is 0 Å². The number of fused-ring (bicyclic) bond motifs is 1. The molecular weight excluding hydrogens is 238 g/mol. The van der Waals surface area contributed by atoms with Crippen molar-refractivity contribution < 1.29 is 0 Å². The van der Waals surface area contributed by atoms with Gasteiger partial charge in [0.1, 0.15) is 0 Å². The molecule has 19 heavy (non-hydrogen) atoms. The highest BCUT2D eigenvalue weighted by atomic mass is 15.2. The lowest BCUT2D eigenvalue weighted by atomic mass is 9.96. The molecule has 1 atom stereocenters. The summed E-state index contributed by atoms with van der Waals surface area (Å²) < 4.78 is 0. The van der Waals surface area contributed by atoms with Gasteiger partial charge in [0.15, 0.2) is 0 Å². The van der Waals surface area contributed by atoms with Gasteiger partial charge in [-0.25, -0.2) is 5.43 Å². The Balaban J connectivity index is 2.17. The summed E-state index contributed by atoms with van der Waals surface area (Å²) in [6.45, 7) is 0. The monoisotopic (exact) mass is 251 g/mol. The number of hydrogen-bond acceptors (Lipinski definition) is 5. The van der Waals surface area contributed by atoms with Crippen molar-refractivity contribution in [1.29, 1.82) is 0 Å². The highest BCUT2D eigenvalue weighted by Gasteiger charge is 2.15. The number of hydrazine groups is 1. The van der Waals surface area contributed by atoms with Gasteiger partial charge < -0.3 is 0 Å². The molecule has 0 aliphatic heterocycles. The highest BCUT2D eigenvalue weighted by Crippen LogP contribution is 2.27. The molecule has 0 bridgehead atoms. The van der Waals surface area contributed by atoms with Gasteiger partial charge in [-0.3, -0.25) is 10.8 Å². The zero-order valence-corrected chi connectivity index (χ0v) is 10.2. The van der Waals surface area contributed by atoms with E-state index in [4.69, 9.17) is 5.84 Å². The molecule has 5 nitrogen and oxygen atoms in total. The van der Waals surface area contributed by atoms with E-state index in [1.165, 1.54) is 0 Å². The first-order valence-electron chi connectivity index (χ1n) is 5.95. The second kappa shape index (κ2) is 5.09. The van der Waals surface area contributed by atoms with Gasteiger partial charge in [0.25, 0.3) is 0 Å². The lowest BCUT2D eigenvalue weighted by molar-refractivity contribution is 0.636. The molecule has 0 spiro atoms. The van der Waals surface area contributed by atoms with Crippen LogP contribution >= 0.6 is 0 Å². The minimum Gasteiger partial charge on any atom is -0.271 e. The van der Waals surface area contributed by atoms with Gasteiger partial charge in [0.2, 0.25) is 0 Å². The Morgan fingerprint density at radius 2 is 1.95 bits per heavy atom. The van der Waals surface area contributed by atoms with Crippen LogP contribution in [0.5, 0.6) is 0 Å². The Morgan fingerprint density at radius 3 is 2.74 bits per heavy atom. The smallest absolute Gasteiger partial charge is 0.0732 e. The molecule has 0 aliphatic rings.